The number of carbonyl (C=O) groups excluding carboxylic acids is 2. The molecule has 2 N–H and O–H groups in total. The normalized spacial score (nSPS) is 14.2. The Morgan fingerprint density at radius 3 is 2.96 bits per heavy atom. The van der Waals surface area contributed by atoms with Gasteiger partial charge in [0.2, 0.25) is 0 Å². The van der Waals surface area contributed by atoms with Crippen molar-refractivity contribution in [2.45, 2.75) is 20.4 Å². The van der Waals surface area contributed by atoms with Crippen molar-refractivity contribution in [3.8, 4) is 11.1 Å². The lowest BCUT2D eigenvalue weighted by Crippen LogP contribution is -2.42. The van der Waals surface area contributed by atoms with Gasteiger partial charge in [0, 0.05) is 30.9 Å². The van der Waals surface area contributed by atoms with E-state index in [0.717, 1.165) is 17.0 Å². The van der Waals surface area contributed by atoms with E-state index >= 15 is 0 Å². The minimum absolute atomic E-state index is 0.339. The lowest BCUT2D eigenvalue weighted by Gasteiger charge is -2.13. The number of nitrogens with zero attached hydrogens (tertiary/aromatic N) is 3. The second-order valence-corrected chi connectivity index (χ2v) is 6.18. The molecule has 1 saturated heterocycles. The Balaban J connectivity index is 1.62. The summed E-state index contributed by atoms with van der Waals surface area (Å²) < 4.78 is 1.90. The van der Waals surface area contributed by atoms with Gasteiger partial charge in [0.25, 0.3) is 0 Å². The largest absolute Gasteiger partial charge is 0.336 e. The fraction of sp³-hybridized carbons (Fsp3) is 0.400. The number of rotatable bonds is 4. The topological polar surface area (TPSA) is 79.3 Å². The summed E-state index contributed by atoms with van der Waals surface area (Å²) in [6.45, 7) is 5.93. The zero-order valence-electron chi connectivity index (χ0n) is 13.1. The predicted octanol–water partition coefficient (Wildman–Crippen LogP) is 1.96. The first-order valence-electron chi connectivity index (χ1n) is 7.47. The zero-order valence-corrected chi connectivity index (χ0v) is 13.9. The molecule has 0 aliphatic carbocycles. The molecule has 0 saturated carbocycles. The molecule has 2 aromatic heterocycles. The van der Waals surface area contributed by atoms with E-state index in [0.29, 0.717) is 26.2 Å². The van der Waals surface area contributed by atoms with E-state index in [1.54, 1.807) is 11.3 Å². The second-order valence-electron chi connectivity index (χ2n) is 5.40. The smallest absolute Gasteiger partial charge is 0.325 e. The van der Waals surface area contributed by atoms with Gasteiger partial charge in [-0.05, 0) is 36.2 Å². The van der Waals surface area contributed by atoms with Crippen LogP contribution in [0.5, 0.6) is 0 Å². The van der Waals surface area contributed by atoms with Gasteiger partial charge in [0.05, 0.1) is 12.2 Å². The van der Waals surface area contributed by atoms with Crippen LogP contribution >= 0.6 is 11.3 Å². The number of aromatic nitrogens is 2. The number of aryl methyl sites for hydroxylation is 1. The highest BCUT2D eigenvalue weighted by atomic mass is 32.1. The summed E-state index contributed by atoms with van der Waals surface area (Å²) in [4.78, 5) is 24.5. The van der Waals surface area contributed by atoms with Gasteiger partial charge in [0.1, 0.15) is 0 Å². The summed E-state index contributed by atoms with van der Waals surface area (Å²) >= 11 is 1.66. The molecule has 122 valence electrons. The molecular formula is C15H19N5O2S. The molecule has 8 heteroatoms. The van der Waals surface area contributed by atoms with E-state index in [1.807, 2.05) is 23.9 Å². The van der Waals surface area contributed by atoms with Crippen LogP contribution in [0.2, 0.25) is 0 Å². The fourth-order valence-electron chi connectivity index (χ4n) is 2.77. The molecule has 4 amide bonds. The molecule has 0 atom stereocenters. The molecule has 3 heterocycles. The zero-order chi connectivity index (χ0) is 16.4. The van der Waals surface area contributed by atoms with Crippen molar-refractivity contribution in [3.63, 3.8) is 0 Å². The van der Waals surface area contributed by atoms with Crippen molar-refractivity contribution >= 4 is 23.4 Å². The molecule has 23 heavy (non-hydrogen) atoms. The monoisotopic (exact) mass is 333 g/mol. The van der Waals surface area contributed by atoms with Crippen molar-refractivity contribution in [2.75, 3.05) is 19.6 Å². The lowest BCUT2D eigenvalue weighted by molar-refractivity contribution is 0.198. The van der Waals surface area contributed by atoms with Gasteiger partial charge in [-0.15, -0.1) is 0 Å². The summed E-state index contributed by atoms with van der Waals surface area (Å²) in [5.74, 6) is 0. The van der Waals surface area contributed by atoms with Crippen molar-refractivity contribution < 1.29 is 9.59 Å². The van der Waals surface area contributed by atoms with E-state index in [-0.39, 0.29) is 12.1 Å². The minimum atomic E-state index is -0.361. The highest BCUT2D eigenvalue weighted by Gasteiger charge is 2.25. The van der Waals surface area contributed by atoms with Crippen LogP contribution < -0.4 is 10.6 Å². The third kappa shape index (κ3) is 3.07. The summed E-state index contributed by atoms with van der Waals surface area (Å²) in [6.07, 6.45) is 0. The van der Waals surface area contributed by atoms with Gasteiger partial charge in [-0.1, -0.05) is 0 Å². The number of urea groups is 2. The van der Waals surface area contributed by atoms with Crippen molar-refractivity contribution in [1.82, 2.24) is 25.3 Å². The number of nitrogens with one attached hydrogen (secondary N) is 2. The number of hydrogen-bond acceptors (Lipinski definition) is 4. The average Bonchev–Trinajstić information content (AvgIpc) is 3.22. The molecule has 1 aliphatic heterocycles. The number of thiophene rings is 1. The lowest BCUT2D eigenvalue weighted by atomic mass is 10.1. The SMILES string of the molecule is Cc1nn(CCNC(=O)N2CCNC2=O)c(C)c1-c1ccsc1. The summed E-state index contributed by atoms with van der Waals surface area (Å²) in [5, 5.41) is 14.1. The van der Waals surface area contributed by atoms with E-state index in [4.69, 9.17) is 0 Å². The van der Waals surface area contributed by atoms with Gasteiger partial charge in [0.15, 0.2) is 0 Å². The molecule has 2 aromatic rings. The Morgan fingerprint density at radius 1 is 1.48 bits per heavy atom. The van der Waals surface area contributed by atoms with Gasteiger partial charge in [-0.3, -0.25) is 4.68 Å². The summed E-state index contributed by atoms with van der Waals surface area (Å²) in [5.41, 5.74) is 4.38. The van der Waals surface area contributed by atoms with Crippen LogP contribution in [-0.2, 0) is 6.54 Å². The van der Waals surface area contributed by atoms with Crippen molar-refractivity contribution in [2.24, 2.45) is 0 Å². The summed E-state index contributed by atoms with van der Waals surface area (Å²) in [7, 11) is 0. The van der Waals surface area contributed by atoms with Crippen LogP contribution in [0.3, 0.4) is 0 Å². The molecular weight excluding hydrogens is 314 g/mol. The standard InChI is InChI=1S/C15H19N5O2S/c1-10-13(12-3-8-23-9-12)11(2)20(18-10)7-5-17-15(22)19-6-4-16-14(19)21/h3,8-9H,4-7H2,1-2H3,(H,16,21)(H,17,22). The minimum Gasteiger partial charge on any atom is -0.336 e. The quantitative estimate of drug-likeness (QED) is 0.898. The Labute approximate surface area is 138 Å². The first kappa shape index (κ1) is 15.5. The maximum absolute atomic E-state index is 11.9. The molecule has 0 bridgehead atoms. The number of imide groups is 1. The summed E-state index contributed by atoms with van der Waals surface area (Å²) in [6, 6.07) is 1.38. The third-order valence-corrected chi connectivity index (χ3v) is 4.58. The van der Waals surface area contributed by atoms with Crippen LogP contribution in [0.1, 0.15) is 11.4 Å². The number of hydrogen-bond donors (Lipinski definition) is 2. The predicted molar refractivity (Wildman–Crippen MR) is 88.5 cm³/mol. The first-order chi connectivity index (χ1) is 11.1. The highest BCUT2D eigenvalue weighted by molar-refractivity contribution is 7.08. The van der Waals surface area contributed by atoms with Crippen LogP contribution in [-0.4, -0.2) is 46.4 Å². The van der Waals surface area contributed by atoms with Crippen molar-refractivity contribution in [3.05, 3.63) is 28.2 Å². The Morgan fingerprint density at radius 2 is 2.30 bits per heavy atom. The first-order valence-corrected chi connectivity index (χ1v) is 8.42. The van der Waals surface area contributed by atoms with E-state index in [1.165, 1.54) is 10.5 Å². The van der Waals surface area contributed by atoms with Crippen LogP contribution in [0, 0.1) is 13.8 Å². The van der Waals surface area contributed by atoms with E-state index in [2.05, 4.69) is 27.2 Å². The maximum Gasteiger partial charge on any atom is 0.325 e. The Hall–Kier alpha value is -2.35. The van der Waals surface area contributed by atoms with Gasteiger partial charge in [-0.2, -0.15) is 16.4 Å². The van der Waals surface area contributed by atoms with E-state index < -0.39 is 0 Å². The van der Waals surface area contributed by atoms with Crippen molar-refractivity contribution in [1.29, 1.82) is 0 Å². The number of amides is 4. The number of carbonyl (C=O) groups is 2. The fourth-order valence-corrected chi connectivity index (χ4v) is 3.42. The van der Waals surface area contributed by atoms with Gasteiger partial charge < -0.3 is 10.6 Å². The Bertz CT molecular complexity index is 723. The molecule has 0 aromatic carbocycles. The Kier molecular flexibility index (Phi) is 4.33. The molecule has 0 unspecified atom stereocenters. The van der Waals surface area contributed by atoms with Crippen LogP contribution in [0.25, 0.3) is 11.1 Å². The molecule has 1 fully saturated rings. The molecule has 1 aliphatic rings. The van der Waals surface area contributed by atoms with Gasteiger partial charge in [-0.25, -0.2) is 14.5 Å². The highest BCUT2D eigenvalue weighted by Crippen LogP contribution is 2.28. The van der Waals surface area contributed by atoms with Crippen LogP contribution in [0.15, 0.2) is 16.8 Å². The van der Waals surface area contributed by atoms with Crippen LogP contribution in [0.4, 0.5) is 9.59 Å². The third-order valence-electron chi connectivity index (χ3n) is 3.89. The maximum atomic E-state index is 11.9. The van der Waals surface area contributed by atoms with E-state index in [9.17, 15) is 9.59 Å². The molecule has 7 nitrogen and oxygen atoms in total. The average molecular weight is 333 g/mol. The molecule has 0 spiro atoms. The molecule has 3 rings (SSSR count). The molecule has 0 radical (unpaired) electrons. The second kappa shape index (κ2) is 6.41. The van der Waals surface area contributed by atoms with Gasteiger partial charge >= 0.3 is 12.1 Å².